The molecule has 1 aromatic rings. The van der Waals surface area contributed by atoms with Crippen molar-refractivity contribution < 1.29 is 9.59 Å². The molecule has 2 N–H and O–H groups in total. The van der Waals surface area contributed by atoms with Gasteiger partial charge in [0.15, 0.2) is 0 Å². The number of thiophene rings is 1. The molecule has 0 radical (unpaired) electrons. The van der Waals surface area contributed by atoms with Crippen LogP contribution < -0.4 is 10.6 Å². The maximum Gasteiger partial charge on any atom is 0.317 e. The van der Waals surface area contributed by atoms with Crippen molar-refractivity contribution in [3.8, 4) is 0 Å². The van der Waals surface area contributed by atoms with E-state index in [1.807, 2.05) is 31.4 Å². The quantitative estimate of drug-likeness (QED) is 0.895. The Balaban J connectivity index is 1.82. The molecule has 1 aliphatic heterocycles. The number of piperidine rings is 1. The van der Waals surface area contributed by atoms with Crippen LogP contribution in [0.15, 0.2) is 17.5 Å². The number of rotatable bonds is 4. The van der Waals surface area contributed by atoms with Gasteiger partial charge in [-0.15, -0.1) is 11.3 Å². The normalized spacial score (nSPS) is 18.6. The molecule has 0 spiro atoms. The molecule has 1 aromatic heterocycles. The number of nitrogens with one attached hydrogen (secondary N) is 2. The molecule has 5 nitrogen and oxygen atoms in total. The smallest absolute Gasteiger partial charge is 0.317 e. The predicted molar refractivity (Wildman–Crippen MR) is 84.1 cm³/mol. The second-order valence-electron chi connectivity index (χ2n) is 5.69. The van der Waals surface area contributed by atoms with E-state index in [1.54, 1.807) is 16.2 Å². The third-order valence-corrected chi connectivity index (χ3v) is 4.38. The molecule has 0 aromatic carbocycles. The summed E-state index contributed by atoms with van der Waals surface area (Å²) in [5, 5.41) is 7.85. The van der Waals surface area contributed by atoms with E-state index in [-0.39, 0.29) is 23.9 Å². The molecule has 2 heterocycles. The van der Waals surface area contributed by atoms with E-state index in [2.05, 4.69) is 10.6 Å². The molecule has 3 amide bonds. The predicted octanol–water partition coefficient (Wildman–Crippen LogP) is 2.19. The van der Waals surface area contributed by atoms with Gasteiger partial charge in [-0.25, -0.2) is 4.79 Å². The Morgan fingerprint density at radius 1 is 1.48 bits per heavy atom. The van der Waals surface area contributed by atoms with Gasteiger partial charge < -0.3 is 15.5 Å². The molecule has 1 fully saturated rings. The molecular formula is C15H23N3O2S. The van der Waals surface area contributed by atoms with Crippen LogP contribution >= 0.6 is 11.3 Å². The Morgan fingerprint density at radius 2 is 2.29 bits per heavy atom. The summed E-state index contributed by atoms with van der Waals surface area (Å²) in [5.41, 5.74) is 0. The van der Waals surface area contributed by atoms with Gasteiger partial charge in [0.05, 0.1) is 12.5 Å². The first-order valence-corrected chi connectivity index (χ1v) is 8.29. The first kappa shape index (κ1) is 15.8. The van der Waals surface area contributed by atoms with E-state index in [1.165, 1.54) is 0 Å². The van der Waals surface area contributed by atoms with E-state index < -0.39 is 0 Å². The monoisotopic (exact) mass is 309 g/mol. The maximum atomic E-state index is 12.2. The molecule has 1 aliphatic rings. The number of hydrogen-bond donors (Lipinski definition) is 2. The molecule has 116 valence electrons. The van der Waals surface area contributed by atoms with Gasteiger partial charge in [0.2, 0.25) is 5.91 Å². The van der Waals surface area contributed by atoms with Crippen molar-refractivity contribution >= 4 is 23.3 Å². The molecule has 0 bridgehead atoms. The fourth-order valence-electron chi connectivity index (χ4n) is 2.47. The minimum absolute atomic E-state index is 0.0563. The number of nitrogens with zero attached hydrogens (tertiary/aromatic N) is 1. The van der Waals surface area contributed by atoms with Gasteiger partial charge in [0.25, 0.3) is 0 Å². The van der Waals surface area contributed by atoms with E-state index >= 15 is 0 Å². The highest BCUT2D eigenvalue weighted by atomic mass is 32.1. The summed E-state index contributed by atoms with van der Waals surface area (Å²) in [4.78, 5) is 27.1. The Labute approximate surface area is 129 Å². The van der Waals surface area contributed by atoms with E-state index in [9.17, 15) is 9.59 Å². The fourth-order valence-corrected chi connectivity index (χ4v) is 3.11. The summed E-state index contributed by atoms with van der Waals surface area (Å²) in [6.45, 7) is 5.69. The largest absolute Gasteiger partial charge is 0.354 e. The second-order valence-corrected chi connectivity index (χ2v) is 6.72. The van der Waals surface area contributed by atoms with Crippen molar-refractivity contribution in [3.63, 3.8) is 0 Å². The van der Waals surface area contributed by atoms with Crippen molar-refractivity contribution in [1.82, 2.24) is 15.5 Å². The second kappa shape index (κ2) is 7.45. The Bertz CT molecular complexity index is 473. The SMILES string of the molecule is CC(C)NC(=O)C1CCCN(C(=O)NCc2cccs2)C1. The molecule has 1 saturated heterocycles. The number of carbonyl (C=O) groups is 2. The third-order valence-electron chi connectivity index (χ3n) is 3.50. The zero-order valence-electron chi connectivity index (χ0n) is 12.6. The van der Waals surface area contributed by atoms with Crippen LogP contribution in [0.4, 0.5) is 4.79 Å². The van der Waals surface area contributed by atoms with Crippen molar-refractivity contribution in [2.24, 2.45) is 5.92 Å². The molecule has 2 rings (SSSR count). The Morgan fingerprint density at radius 3 is 2.95 bits per heavy atom. The summed E-state index contributed by atoms with van der Waals surface area (Å²) < 4.78 is 0. The molecule has 21 heavy (non-hydrogen) atoms. The first-order chi connectivity index (χ1) is 10.1. The maximum absolute atomic E-state index is 12.2. The zero-order valence-corrected chi connectivity index (χ0v) is 13.4. The van der Waals surface area contributed by atoms with Gasteiger partial charge in [-0.1, -0.05) is 6.07 Å². The Hall–Kier alpha value is -1.56. The average Bonchev–Trinajstić information content (AvgIpc) is 2.97. The number of likely N-dealkylation sites (tertiary alicyclic amines) is 1. The van der Waals surface area contributed by atoms with Crippen LogP contribution in [0.3, 0.4) is 0 Å². The summed E-state index contributed by atoms with van der Waals surface area (Å²) in [5.74, 6) is -0.0330. The Kier molecular flexibility index (Phi) is 5.61. The lowest BCUT2D eigenvalue weighted by molar-refractivity contribution is -0.126. The first-order valence-electron chi connectivity index (χ1n) is 7.42. The van der Waals surface area contributed by atoms with Crippen LogP contribution in [0.1, 0.15) is 31.6 Å². The van der Waals surface area contributed by atoms with Crippen LogP contribution in [0.2, 0.25) is 0 Å². The molecule has 6 heteroatoms. The number of carbonyl (C=O) groups excluding carboxylic acids is 2. The van der Waals surface area contributed by atoms with Crippen molar-refractivity contribution in [1.29, 1.82) is 0 Å². The summed E-state index contributed by atoms with van der Waals surface area (Å²) >= 11 is 1.63. The lowest BCUT2D eigenvalue weighted by Crippen LogP contribution is -2.49. The third kappa shape index (κ3) is 4.74. The van der Waals surface area contributed by atoms with Gasteiger partial charge in [0, 0.05) is 24.0 Å². The van der Waals surface area contributed by atoms with Gasteiger partial charge >= 0.3 is 6.03 Å². The van der Waals surface area contributed by atoms with Gasteiger partial charge in [-0.3, -0.25) is 4.79 Å². The summed E-state index contributed by atoms with van der Waals surface area (Å²) in [6.07, 6.45) is 1.73. The van der Waals surface area contributed by atoms with Gasteiger partial charge in [-0.05, 0) is 38.1 Å². The lowest BCUT2D eigenvalue weighted by Gasteiger charge is -2.32. The minimum atomic E-state index is -0.0892. The molecular weight excluding hydrogens is 286 g/mol. The zero-order chi connectivity index (χ0) is 15.2. The van der Waals surface area contributed by atoms with E-state index in [0.29, 0.717) is 13.1 Å². The number of amides is 3. The van der Waals surface area contributed by atoms with Gasteiger partial charge in [-0.2, -0.15) is 0 Å². The van der Waals surface area contributed by atoms with Crippen LogP contribution in [-0.2, 0) is 11.3 Å². The number of urea groups is 1. The van der Waals surface area contributed by atoms with Crippen LogP contribution in [0.25, 0.3) is 0 Å². The molecule has 0 saturated carbocycles. The van der Waals surface area contributed by atoms with E-state index in [4.69, 9.17) is 0 Å². The minimum Gasteiger partial charge on any atom is -0.354 e. The van der Waals surface area contributed by atoms with Gasteiger partial charge in [0.1, 0.15) is 0 Å². The van der Waals surface area contributed by atoms with Crippen LogP contribution in [0.5, 0.6) is 0 Å². The number of hydrogen-bond acceptors (Lipinski definition) is 3. The summed E-state index contributed by atoms with van der Waals surface area (Å²) in [7, 11) is 0. The van der Waals surface area contributed by atoms with Crippen molar-refractivity contribution in [2.75, 3.05) is 13.1 Å². The standard InChI is InChI=1S/C15H23N3O2S/c1-11(2)17-14(19)12-5-3-7-18(10-12)15(20)16-9-13-6-4-8-21-13/h4,6,8,11-12H,3,5,7,9-10H2,1-2H3,(H,16,20)(H,17,19). The average molecular weight is 309 g/mol. The van der Waals surface area contributed by atoms with E-state index in [0.717, 1.165) is 24.3 Å². The molecule has 1 atom stereocenters. The fraction of sp³-hybridized carbons (Fsp3) is 0.600. The summed E-state index contributed by atoms with van der Waals surface area (Å²) in [6, 6.07) is 4.03. The van der Waals surface area contributed by atoms with Crippen molar-refractivity contribution in [3.05, 3.63) is 22.4 Å². The van der Waals surface area contributed by atoms with Crippen LogP contribution in [-0.4, -0.2) is 36.0 Å². The molecule has 0 aliphatic carbocycles. The highest BCUT2D eigenvalue weighted by Gasteiger charge is 2.28. The lowest BCUT2D eigenvalue weighted by atomic mass is 9.97. The van der Waals surface area contributed by atoms with Crippen molar-refractivity contribution in [2.45, 2.75) is 39.3 Å². The highest BCUT2D eigenvalue weighted by Crippen LogP contribution is 2.17. The molecule has 1 unspecified atom stereocenters. The topological polar surface area (TPSA) is 61.4 Å². The van der Waals surface area contributed by atoms with Crippen LogP contribution in [0, 0.1) is 5.92 Å². The highest BCUT2D eigenvalue weighted by molar-refractivity contribution is 7.09.